The molecule has 2 aromatic heterocycles. The van der Waals surface area contributed by atoms with E-state index in [4.69, 9.17) is 19.6 Å². The van der Waals surface area contributed by atoms with Crippen LogP contribution in [0.25, 0.3) is 16.8 Å². The van der Waals surface area contributed by atoms with Crippen molar-refractivity contribution in [2.24, 2.45) is 11.8 Å². The first-order valence-corrected chi connectivity index (χ1v) is 23.9. The van der Waals surface area contributed by atoms with E-state index in [1.54, 1.807) is 6.07 Å². The molecule has 2 aliphatic carbocycles. The van der Waals surface area contributed by atoms with Crippen LogP contribution in [0.15, 0.2) is 30.5 Å². The van der Waals surface area contributed by atoms with E-state index in [0.29, 0.717) is 25.8 Å². The number of halogens is 1. The number of nitrogens with zero attached hydrogens (tertiary/aromatic N) is 4. The first-order chi connectivity index (χ1) is 20.4. The SMILES string of the molecule is CCc1ccc(-c2cnn3c(N(COCC[Si](C)(C)C)COCC[Si](C)(C)C)cc([C@H]4C[C@@H]5CC[C@@H](C5)C4)nc23)cc1F. The Bertz CT molecular complexity index is 1350. The minimum atomic E-state index is -1.22. The van der Waals surface area contributed by atoms with Crippen LogP contribution in [0.3, 0.4) is 0 Å². The van der Waals surface area contributed by atoms with Gasteiger partial charge in [0.25, 0.3) is 0 Å². The molecular formula is C34H53FN4O2Si2. The summed E-state index contributed by atoms with van der Waals surface area (Å²) in [6, 6.07) is 10.0. The number of benzene rings is 1. The van der Waals surface area contributed by atoms with Crippen LogP contribution in [0.2, 0.25) is 51.4 Å². The van der Waals surface area contributed by atoms with E-state index in [9.17, 15) is 4.39 Å². The zero-order valence-electron chi connectivity index (χ0n) is 27.6. The number of hydrogen-bond acceptors (Lipinski definition) is 5. The highest BCUT2D eigenvalue weighted by Crippen LogP contribution is 2.48. The van der Waals surface area contributed by atoms with Crippen LogP contribution in [0.4, 0.5) is 10.2 Å². The second-order valence-corrected chi connectivity index (χ2v) is 26.7. The summed E-state index contributed by atoms with van der Waals surface area (Å²) in [6.07, 6.45) is 8.97. The molecule has 0 unspecified atom stereocenters. The molecule has 9 heteroatoms. The Labute approximate surface area is 260 Å². The molecule has 43 heavy (non-hydrogen) atoms. The molecular weight excluding hydrogens is 572 g/mol. The maximum Gasteiger partial charge on any atom is 0.165 e. The number of aryl methyl sites for hydroxylation is 1. The van der Waals surface area contributed by atoms with Crippen molar-refractivity contribution in [3.05, 3.63) is 47.5 Å². The molecule has 2 heterocycles. The summed E-state index contributed by atoms with van der Waals surface area (Å²) in [5.41, 5.74) is 4.31. The standard InChI is InChI=1S/C34H53FN4O2Si2/c1-8-27-11-12-28(20-31(27)35)30-22-36-39-33(21-32(37-34(30)39)29-18-25-9-10-26(17-25)19-29)38(23-40-13-15-42(2,3)4)24-41-14-16-43(5,6)7/h11-12,20-22,25-26,29H,8-10,13-19,23-24H2,1-7H3/t25-,26+,29+. The Morgan fingerprint density at radius 1 is 0.907 bits per heavy atom. The van der Waals surface area contributed by atoms with Crippen molar-refractivity contribution in [3.63, 3.8) is 0 Å². The summed E-state index contributed by atoms with van der Waals surface area (Å²) < 4.78 is 29.5. The summed E-state index contributed by atoms with van der Waals surface area (Å²) in [5, 5.41) is 4.84. The summed E-state index contributed by atoms with van der Waals surface area (Å²) in [5.74, 6) is 2.80. The topological polar surface area (TPSA) is 51.9 Å². The molecule has 5 rings (SSSR count). The van der Waals surface area contributed by atoms with Crippen molar-refractivity contribution in [2.75, 3.05) is 31.6 Å². The van der Waals surface area contributed by atoms with Gasteiger partial charge in [-0.3, -0.25) is 0 Å². The van der Waals surface area contributed by atoms with Crippen LogP contribution in [-0.2, 0) is 15.9 Å². The molecule has 2 saturated carbocycles. The molecule has 236 valence electrons. The van der Waals surface area contributed by atoms with Gasteiger partial charge in [0, 0.05) is 52.6 Å². The molecule has 2 bridgehead atoms. The second kappa shape index (κ2) is 13.5. The zero-order chi connectivity index (χ0) is 30.8. The maximum absolute atomic E-state index is 14.9. The van der Waals surface area contributed by atoms with Gasteiger partial charge in [-0.05, 0) is 66.8 Å². The van der Waals surface area contributed by atoms with Crippen LogP contribution in [0.5, 0.6) is 0 Å². The quantitative estimate of drug-likeness (QED) is 0.102. The number of rotatable bonds is 14. The van der Waals surface area contributed by atoms with E-state index in [0.717, 1.165) is 71.0 Å². The number of fused-ring (bicyclic) bond motifs is 3. The average Bonchev–Trinajstić information content (AvgIpc) is 3.52. The Morgan fingerprint density at radius 3 is 2.09 bits per heavy atom. The van der Waals surface area contributed by atoms with Gasteiger partial charge in [0.15, 0.2) is 5.65 Å². The predicted molar refractivity (Wildman–Crippen MR) is 181 cm³/mol. The normalized spacial score (nSPS) is 20.7. The first kappa shape index (κ1) is 32.3. The number of ether oxygens (including phenoxy) is 2. The molecule has 0 saturated heterocycles. The smallest absolute Gasteiger partial charge is 0.165 e. The van der Waals surface area contributed by atoms with E-state index in [1.165, 1.54) is 32.1 Å². The van der Waals surface area contributed by atoms with Gasteiger partial charge in [0.2, 0.25) is 0 Å². The number of anilines is 1. The highest BCUT2D eigenvalue weighted by Gasteiger charge is 2.36. The second-order valence-electron chi connectivity index (χ2n) is 15.4. The monoisotopic (exact) mass is 624 g/mol. The molecule has 6 nitrogen and oxygen atoms in total. The van der Waals surface area contributed by atoms with E-state index in [1.807, 2.05) is 29.8 Å². The van der Waals surface area contributed by atoms with Crippen molar-refractivity contribution >= 4 is 27.6 Å². The summed E-state index contributed by atoms with van der Waals surface area (Å²) in [6.45, 7) is 18.6. The molecule has 3 aromatic rings. The highest BCUT2D eigenvalue weighted by molar-refractivity contribution is 6.76. The molecule has 2 fully saturated rings. The number of hydrogen-bond donors (Lipinski definition) is 0. The number of aromatic nitrogens is 3. The van der Waals surface area contributed by atoms with E-state index in [-0.39, 0.29) is 5.82 Å². The fourth-order valence-corrected chi connectivity index (χ4v) is 8.14. The molecule has 0 spiro atoms. The lowest BCUT2D eigenvalue weighted by molar-refractivity contribution is 0.0942. The van der Waals surface area contributed by atoms with E-state index >= 15 is 0 Å². The first-order valence-electron chi connectivity index (χ1n) is 16.5. The van der Waals surface area contributed by atoms with Crippen molar-refractivity contribution in [3.8, 4) is 11.1 Å². The van der Waals surface area contributed by atoms with Crippen LogP contribution < -0.4 is 4.90 Å². The third kappa shape index (κ3) is 8.35. The van der Waals surface area contributed by atoms with Gasteiger partial charge in [-0.2, -0.15) is 9.61 Å². The van der Waals surface area contributed by atoms with E-state index in [2.05, 4.69) is 50.2 Å². The van der Waals surface area contributed by atoms with Gasteiger partial charge >= 0.3 is 0 Å². The van der Waals surface area contributed by atoms with Crippen molar-refractivity contribution in [1.82, 2.24) is 14.6 Å². The molecule has 1 aromatic carbocycles. The van der Waals surface area contributed by atoms with Crippen LogP contribution in [0, 0.1) is 17.7 Å². The molecule has 2 aliphatic rings. The van der Waals surface area contributed by atoms with Gasteiger partial charge in [-0.25, -0.2) is 9.37 Å². The fourth-order valence-electron chi connectivity index (χ4n) is 6.63. The van der Waals surface area contributed by atoms with Gasteiger partial charge in [0.1, 0.15) is 25.1 Å². The van der Waals surface area contributed by atoms with Crippen molar-refractivity contribution in [2.45, 2.75) is 103 Å². The Kier molecular flexibility index (Phi) is 10.2. The molecule has 0 N–H and O–H groups in total. The van der Waals surface area contributed by atoms with Crippen LogP contribution >= 0.6 is 0 Å². The van der Waals surface area contributed by atoms with Crippen LogP contribution in [0.1, 0.15) is 56.2 Å². The molecule has 0 radical (unpaired) electrons. The van der Waals surface area contributed by atoms with Gasteiger partial charge in [0.05, 0.1) is 6.20 Å². The molecule has 3 atom stereocenters. The van der Waals surface area contributed by atoms with Gasteiger partial charge < -0.3 is 14.4 Å². The Morgan fingerprint density at radius 2 is 1.53 bits per heavy atom. The minimum absolute atomic E-state index is 0.173. The summed E-state index contributed by atoms with van der Waals surface area (Å²) in [4.78, 5) is 7.47. The molecule has 0 aliphatic heterocycles. The largest absolute Gasteiger partial charge is 0.361 e. The van der Waals surface area contributed by atoms with Crippen molar-refractivity contribution in [1.29, 1.82) is 0 Å². The fraction of sp³-hybridized carbons (Fsp3) is 0.647. The Balaban J connectivity index is 1.52. The van der Waals surface area contributed by atoms with Gasteiger partial charge in [-0.15, -0.1) is 0 Å². The van der Waals surface area contributed by atoms with Crippen LogP contribution in [-0.4, -0.2) is 57.4 Å². The summed E-state index contributed by atoms with van der Waals surface area (Å²) in [7, 11) is -2.43. The maximum atomic E-state index is 14.9. The summed E-state index contributed by atoms with van der Waals surface area (Å²) >= 11 is 0. The lowest BCUT2D eigenvalue weighted by atomic mass is 9.79. The van der Waals surface area contributed by atoms with E-state index < -0.39 is 16.1 Å². The lowest BCUT2D eigenvalue weighted by Gasteiger charge is -2.30. The predicted octanol–water partition coefficient (Wildman–Crippen LogP) is 8.82. The lowest BCUT2D eigenvalue weighted by Crippen LogP contribution is -2.33. The third-order valence-electron chi connectivity index (χ3n) is 9.33. The highest BCUT2D eigenvalue weighted by atomic mass is 28.3. The van der Waals surface area contributed by atoms with Gasteiger partial charge in [-0.1, -0.05) is 71.2 Å². The zero-order valence-corrected chi connectivity index (χ0v) is 29.6. The minimum Gasteiger partial charge on any atom is -0.361 e. The average molecular weight is 625 g/mol. The van der Waals surface area contributed by atoms with Crippen molar-refractivity contribution < 1.29 is 13.9 Å². The Hall–Kier alpha value is -2.08. The molecule has 0 amide bonds. The third-order valence-corrected chi connectivity index (χ3v) is 12.7.